The Bertz CT molecular complexity index is 231. The van der Waals surface area contributed by atoms with Gasteiger partial charge in [0.15, 0.2) is 0 Å². The number of nitrogens with zero attached hydrogens (tertiary/aromatic N) is 4. The van der Waals surface area contributed by atoms with E-state index in [1.54, 1.807) is 12.7 Å². The van der Waals surface area contributed by atoms with Crippen LogP contribution < -0.4 is 0 Å². The quantitative estimate of drug-likeness (QED) is 0.644. The van der Waals surface area contributed by atoms with Crippen LogP contribution in [0.5, 0.6) is 0 Å². The van der Waals surface area contributed by atoms with Crippen molar-refractivity contribution in [1.29, 1.82) is 0 Å². The summed E-state index contributed by atoms with van der Waals surface area (Å²) < 4.78 is 2.01. The zero-order valence-corrected chi connectivity index (χ0v) is 7.35. The monoisotopic (exact) mass is 166 g/mol. The van der Waals surface area contributed by atoms with E-state index in [2.05, 4.69) is 22.0 Å². The van der Waals surface area contributed by atoms with Gasteiger partial charge in [0.1, 0.15) is 12.7 Å². The predicted octanol–water partition coefficient (Wildman–Crippen LogP) is 0.577. The summed E-state index contributed by atoms with van der Waals surface area (Å²) in [5.74, 6) is 0.849. The normalized spacial score (nSPS) is 24.9. The lowest BCUT2D eigenvalue weighted by molar-refractivity contribution is 0.262. The van der Waals surface area contributed by atoms with E-state index in [-0.39, 0.29) is 0 Å². The van der Waals surface area contributed by atoms with Crippen molar-refractivity contribution in [2.75, 3.05) is 13.1 Å². The summed E-state index contributed by atoms with van der Waals surface area (Å²) in [6.07, 6.45) is 4.86. The van der Waals surface area contributed by atoms with Gasteiger partial charge in [-0.05, 0) is 12.3 Å². The summed E-state index contributed by atoms with van der Waals surface area (Å²) in [5.41, 5.74) is 0. The maximum Gasteiger partial charge on any atom is 0.120 e. The Kier molecular flexibility index (Phi) is 2.08. The molecule has 0 spiro atoms. The molecular weight excluding hydrogens is 152 g/mol. The van der Waals surface area contributed by atoms with Gasteiger partial charge in [-0.1, -0.05) is 6.92 Å². The molecule has 1 aliphatic rings. The maximum absolute atomic E-state index is 3.77. The van der Waals surface area contributed by atoms with Crippen LogP contribution in [0.1, 0.15) is 13.3 Å². The predicted molar refractivity (Wildman–Crippen MR) is 45.4 cm³/mol. The fourth-order valence-electron chi connectivity index (χ4n) is 1.68. The maximum atomic E-state index is 3.77. The molecule has 66 valence electrons. The largest absolute Gasteiger partial charge is 0.306 e. The van der Waals surface area contributed by atoms with Crippen molar-refractivity contribution >= 4 is 0 Å². The number of rotatable bonds is 2. The van der Waals surface area contributed by atoms with Crippen LogP contribution in [0.15, 0.2) is 12.7 Å². The smallest absolute Gasteiger partial charge is 0.120 e. The molecule has 1 saturated heterocycles. The molecule has 0 N–H and O–H groups in total. The van der Waals surface area contributed by atoms with Crippen LogP contribution in [0.4, 0.5) is 0 Å². The Balaban J connectivity index is 1.88. The average molecular weight is 166 g/mol. The minimum absolute atomic E-state index is 0.849. The minimum atomic E-state index is 0.849. The first-order chi connectivity index (χ1) is 5.84. The molecule has 0 aliphatic carbocycles. The second kappa shape index (κ2) is 3.23. The first-order valence-electron chi connectivity index (χ1n) is 4.39. The van der Waals surface area contributed by atoms with E-state index in [4.69, 9.17) is 0 Å². The van der Waals surface area contributed by atoms with Gasteiger partial charge >= 0.3 is 0 Å². The summed E-state index contributed by atoms with van der Waals surface area (Å²) >= 11 is 0. The summed E-state index contributed by atoms with van der Waals surface area (Å²) in [6.45, 7) is 5.65. The lowest BCUT2D eigenvalue weighted by atomic mass is 10.2. The van der Waals surface area contributed by atoms with Crippen LogP contribution in [0.25, 0.3) is 0 Å². The Morgan fingerprint density at radius 3 is 2.75 bits per heavy atom. The fraction of sp³-hybridized carbons (Fsp3) is 0.750. The Labute approximate surface area is 72.2 Å². The van der Waals surface area contributed by atoms with Crippen molar-refractivity contribution in [2.24, 2.45) is 5.92 Å². The van der Waals surface area contributed by atoms with Crippen molar-refractivity contribution in [2.45, 2.75) is 20.0 Å². The van der Waals surface area contributed by atoms with Gasteiger partial charge in [-0.3, -0.25) is 4.90 Å². The molecule has 1 fully saturated rings. The van der Waals surface area contributed by atoms with Crippen LogP contribution in [-0.4, -0.2) is 32.8 Å². The van der Waals surface area contributed by atoms with Crippen LogP contribution in [0, 0.1) is 5.92 Å². The van der Waals surface area contributed by atoms with Gasteiger partial charge in [0.2, 0.25) is 0 Å². The van der Waals surface area contributed by atoms with E-state index >= 15 is 0 Å². The molecule has 1 atom stereocenters. The Morgan fingerprint density at radius 2 is 2.17 bits per heavy atom. The van der Waals surface area contributed by atoms with Crippen LogP contribution in [0.2, 0.25) is 0 Å². The minimum Gasteiger partial charge on any atom is -0.306 e. The molecule has 12 heavy (non-hydrogen) atoms. The van der Waals surface area contributed by atoms with Crippen molar-refractivity contribution in [3.8, 4) is 0 Å². The third kappa shape index (κ3) is 1.64. The fourth-order valence-corrected chi connectivity index (χ4v) is 1.68. The summed E-state index contributed by atoms with van der Waals surface area (Å²) in [4.78, 5) is 2.42. The van der Waals surface area contributed by atoms with E-state index in [9.17, 15) is 0 Å². The first-order valence-corrected chi connectivity index (χ1v) is 4.39. The molecule has 1 unspecified atom stereocenters. The molecule has 0 aromatic carbocycles. The van der Waals surface area contributed by atoms with Gasteiger partial charge in [-0.15, -0.1) is 10.2 Å². The van der Waals surface area contributed by atoms with Crippen molar-refractivity contribution < 1.29 is 0 Å². The molecular formula is C8H14N4. The van der Waals surface area contributed by atoms with E-state index in [0.29, 0.717) is 0 Å². The molecule has 1 aromatic heterocycles. The average Bonchev–Trinajstić information content (AvgIpc) is 2.63. The third-order valence-electron chi connectivity index (χ3n) is 2.34. The van der Waals surface area contributed by atoms with Crippen molar-refractivity contribution in [3.05, 3.63) is 12.7 Å². The van der Waals surface area contributed by atoms with Gasteiger partial charge in [-0.25, -0.2) is 0 Å². The lowest BCUT2D eigenvalue weighted by Crippen LogP contribution is -2.22. The standard InChI is InChI=1S/C8H14N4/c1-8-2-3-11(4-8)7-12-5-9-10-6-12/h5-6,8H,2-4,7H2,1H3. The Hall–Kier alpha value is -0.900. The van der Waals surface area contributed by atoms with E-state index in [1.165, 1.54) is 19.5 Å². The highest BCUT2D eigenvalue weighted by Crippen LogP contribution is 2.14. The molecule has 4 heteroatoms. The molecule has 4 nitrogen and oxygen atoms in total. The summed E-state index contributed by atoms with van der Waals surface area (Å²) in [7, 11) is 0. The molecule has 0 bridgehead atoms. The van der Waals surface area contributed by atoms with Gasteiger partial charge in [0.25, 0.3) is 0 Å². The second-order valence-electron chi connectivity index (χ2n) is 3.59. The molecule has 2 rings (SSSR count). The molecule has 1 aliphatic heterocycles. The number of hydrogen-bond acceptors (Lipinski definition) is 3. The number of likely N-dealkylation sites (tertiary alicyclic amines) is 1. The topological polar surface area (TPSA) is 34.0 Å². The van der Waals surface area contributed by atoms with Gasteiger partial charge in [0, 0.05) is 13.1 Å². The number of hydrogen-bond donors (Lipinski definition) is 0. The zero-order valence-electron chi connectivity index (χ0n) is 7.35. The van der Waals surface area contributed by atoms with E-state index in [1.807, 2.05) is 4.57 Å². The van der Waals surface area contributed by atoms with Gasteiger partial charge in [-0.2, -0.15) is 0 Å². The highest BCUT2D eigenvalue weighted by atomic mass is 15.3. The van der Waals surface area contributed by atoms with Crippen LogP contribution >= 0.6 is 0 Å². The van der Waals surface area contributed by atoms with Crippen LogP contribution in [-0.2, 0) is 6.67 Å². The SMILES string of the molecule is CC1CCN(Cn2cnnc2)C1. The summed E-state index contributed by atoms with van der Waals surface area (Å²) in [6, 6.07) is 0. The Morgan fingerprint density at radius 1 is 1.42 bits per heavy atom. The molecule has 2 heterocycles. The molecule has 1 aromatic rings. The molecule has 0 amide bonds. The van der Waals surface area contributed by atoms with Crippen LogP contribution in [0.3, 0.4) is 0 Å². The van der Waals surface area contributed by atoms with Crippen molar-refractivity contribution in [3.63, 3.8) is 0 Å². The summed E-state index contributed by atoms with van der Waals surface area (Å²) in [5, 5.41) is 7.54. The number of aromatic nitrogens is 3. The third-order valence-corrected chi connectivity index (χ3v) is 2.34. The first kappa shape index (κ1) is 7.73. The molecule has 0 radical (unpaired) electrons. The highest BCUT2D eigenvalue weighted by Gasteiger charge is 2.17. The lowest BCUT2D eigenvalue weighted by Gasteiger charge is -2.14. The second-order valence-corrected chi connectivity index (χ2v) is 3.59. The van der Waals surface area contributed by atoms with Crippen molar-refractivity contribution in [1.82, 2.24) is 19.7 Å². The molecule has 0 saturated carbocycles. The van der Waals surface area contributed by atoms with Gasteiger partial charge < -0.3 is 4.57 Å². The van der Waals surface area contributed by atoms with Gasteiger partial charge in [0.05, 0.1) is 6.67 Å². The van der Waals surface area contributed by atoms with E-state index in [0.717, 1.165) is 12.6 Å². The zero-order chi connectivity index (χ0) is 8.39. The van der Waals surface area contributed by atoms with E-state index < -0.39 is 0 Å². The highest BCUT2D eigenvalue weighted by molar-refractivity contribution is 4.71.